The van der Waals surface area contributed by atoms with Gasteiger partial charge < -0.3 is 14.4 Å². The fourth-order valence-corrected chi connectivity index (χ4v) is 2.23. The van der Waals surface area contributed by atoms with E-state index in [0.29, 0.717) is 13.2 Å². The van der Waals surface area contributed by atoms with Gasteiger partial charge in [-0.15, -0.1) is 11.6 Å². The molecule has 0 atom stereocenters. The van der Waals surface area contributed by atoms with Crippen molar-refractivity contribution >= 4 is 11.6 Å². The van der Waals surface area contributed by atoms with Crippen molar-refractivity contribution in [2.24, 2.45) is 0 Å². The number of halogens is 1. The number of rotatable bonds is 11. The van der Waals surface area contributed by atoms with E-state index in [4.69, 9.17) is 21.1 Å². The van der Waals surface area contributed by atoms with E-state index >= 15 is 0 Å². The topological polar surface area (TPSA) is 21.7 Å². The fourth-order valence-electron chi connectivity index (χ4n) is 2.11. The second-order valence-corrected chi connectivity index (χ2v) is 5.00. The molecule has 0 aromatic carbocycles. The lowest BCUT2D eigenvalue weighted by Gasteiger charge is -2.37. The van der Waals surface area contributed by atoms with Crippen molar-refractivity contribution in [2.75, 3.05) is 45.9 Å². The minimum Gasteiger partial charge on any atom is -0.382 e. The molecule has 0 unspecified atom stereocenters. The van der Waals surface area contributed by atoms with Crippen molar-refractivity contribution < 1.29 is 9.47 Å². The van der Waals surface area contributed by atoms with Crippen molar-refractivity contribution in [1.82, 2.24) is 4.90 Å². The van der Waals surface area contributed by atoms with Crippen LogP contribution in [-0.2, 0) is 9.47 Å². The maximum absolute atomic E-state index is 5.76. The predicted octanol–water partition coefficient (Wildman–Crippen LogP) is 2.52. The molecule has 0 saturated heterocycles. The summed E-state index contributed by atoms with van der Waals surface area (Å²) in [4.78, 5) is 2.59. The summed E-state index contributed by atoms with van der Waals surface area (Å²) >= 11 is 5.76. The number of alkyl halides is 1. The largest absolute Gasteiger partial charge is 0.382 e. The zero-order valence-corrected chi connectivity index (χ0v) is 11.8. The number of ether oxygens (including phenoxy) is 2. The number of hydrogen-bond donors (Lipinski definition) is 0. The molecule has 4 heteroatoms. The van der Waals surface area contributed by atoms with Crippen molar-refractivity contribution in [3.8, 4) is 0 Å². The molecule has 0 bridgehead atoms. The molecule has 0 aromatic heterocycles. The Bertz CT molecular complexity index is 177. The van der Waals surface area contributed by atoms with E-state index in [-0.39, 0.29) is 0 Å². The molecular weight excluding hydrogens is 238 g/mol. The van der Waals surface area contributed by atoms with Crippen LogP contribution in [0.1, 0.15) is 32.1 Å². The lowest BCUT2D eigenvalue weighted by Crippen LogP contribution is -2.41. The van der Waals surface area contributed by atoms with Crippen LogP contribution in [0.25, 0.3) is 0 Å². The Morgan fingerprint density at radius 2 is 1.88 bits per heavy atom. The van der Waals surface area contributed by atoms with Crippen LogP contribution in [0.2, 0.25) is 0 Å². The summed E-state index contributed by atoms with van der Waals surface area (Å²) < 4.78 is 10.4. The van der Waals surface area contributed by atoms with E-state index in [1.54, 1.807) is 7.11 Å². The first-order valence-corrected chi connectivity index (χ1v) is 7.28. The molecule has 0 heterocycles. The van der Waals surface area contributed by atoms with Crippen LogP contribution in [0.3, 0.4) is 0 Å². The van der Waals surface area contributed by atoms with Gasteiger partial charge in [-0.05, 0) is 32.2 Å². The second kappa shape index (κ2) is 10.1. The Hall–Kier alpha value is 0.170. The fraction of sp³-hybridized carbons (Fsp3) is 1.00. The maximum Gasteiger partial charge on any atom is 0.0700 e. The highest BCUT2D eigenvalue weighted by atomic mass is 35.5. The lowest BCUT2D eigenvalue weighted by atomic mass is 9.91. The smallest absolute Gasteiger partial charge is 0.0700 e. The quantitative estimate of drug-likeness (QED) is 0.422. The Balaban J connectivity index is 2.02. The second-order valence-electron chi connectivity index (χ2n) is 4.62. The SMILES string of the molecule is COCCOCCCN(CCCCl)C1CCC1. The van der Waals surface area contributed by atoms with Crippen LogP contribution in [0.15, 0.2) is 0 Å². The van der Waals surface area contributed by atoms with Gasteiger partial charge in [0.1, 0.15) is 0 Å². The highest BCUT2D eigenvalue weighted by Gasteiger charge is 2.23. The van der Waals surface area contributed by atoms with Crippen LogP contribution < -0.4 is 0 Å². The maximum atomic E-state index is 5.76. The third-order valence-corrected chi connectivity index (χ3v) is 3.60. The average molecular weight is 264 g/mol. The monoisotopic (exact) mass is 263 g/mol. The number of hydrogen-bond acceptors (Lipinski definition) is 3. The molecule has 3 nitrogen and oxygen atoms in total. The molecule has 1 aliphatic carbocycles. The highest BCUT2D eigenvalue weighted by molar-refractivity contribution is 6.17. The van der Waals surface area contributed by atoms with Gasteiger partial charge in [0.05, 0.1) is 13.2 Å². The van der Waals surface area contributed by atoms with Gasteiger partial charge in [0.2, 0.25) is 0 Å². The molecule has 0 spiro atoms. The van der Waals surface area contributed by atoms with E-state index in [0.717, 1.165) is 44.5 Å². The van der Waals surface area contributed by atoms with Gasteiger partial charge in [0.25, 0.3) is 0 Å². The third kappa shape index (κ3) is 6.61. The summed E-state index contributed by atoms with van der Waals surface area (Å²) in [5.41, 5.74) is 0. The van der Waals surface area contributed by atoms with E-state index in [2.05, 4.69) is 4.90 Å². The van der Waals surface area contributed by atoms with Crippen LogP contribution in [0.4, 0.5) is 0 Å². The summed E-state index contributed by atoms with van der Waals surface area (Å²) in [6.07, 6.45) is 6.34. The van der Waals surface area contributed by atoms with Gasteiger partial charge >= 0.3 is 0 Å². The zero-order valence-electron chi connectivity index (χ0n) is 11.0. The van der Waals surface area contributed by atoms with E-state index in [1.807, 2.05) is 0 Å². The van der Waals surface area contributed by atoms with Crippen molar-refractivity contribution in [3.63, 3.8) is 0 Å². The van der Waals surface area contributed by atoms with Crippen LogP contribution in [0, 0.1) is 0 Å². The zero-order chi connectivity index (χ0) is 12.3. The first-order chi connectivity index (χ1) is 8.38. The predicted molar refractivity (Wildman–Crippen MR) is 71.9 cm³/mol. The van der Waals surface area contributed by atoms with Crippen LogP contribution in [0.5, 0.6) is 0 Å². The first-order valence-electron chi connectivity index (χ1n) is 6.75. The Kier molecular flexibility index (Phi) is 9.07. The van der Waals surface area contributed by atoms with Crippen LogP contribution >= 0.6 is 11.6 Å². The average Bonchev–Trinajstić information content (AvgIpc) is 2.27. The molecule has 1 aliphatic rings. The molecular formula is C13H26ClNO2. The molecule has 0 aromatic rings. The number of methoxy groups -OCH3 is 1. The van der Waals surface area contributed by atoms with Gasteiger partial charge in [-0.2, -0.15) is 0 Å². The molecule has 102 valence electrons. The molecule has 1 saturated carbocycles. The molecule has 0 N–H and O–H groups in total. The third-order valence-electron chi connectivity index (χ3n) is 3.34. The minimum absolute atomic E-state index is 0.693. The normalized spacial score (nSPS) is 16.4. The van der Waals surface area contributed by atoms with Gasteiger partial charge in [0.15, 0.2) is 0 Å². The minimum atomic E-state index is 0.693. The molecule has 0 amide bonds. The van der Waals surface area contributed by atoms with Gasteiger partial charge in [0, 0.05) is 32.2 Å². The van der Waals surface area contributed by atoms with Crippen molar-refractivity contribution in [2.45, 2.75) is 38.1 Å². The molecule has 1 fully saturated rings. The Morgan fingerprint density at radius 1 is 1.12 bits per heavy atom. The Morgan fingerprint density at radius 3 is 2.47 bits per heavy atom. The molecule has 0 aliphatic heterocycles. The van der Waals surface area contributed by atoms with Crippen molar-refractivity contribution in [3.05, 3.63) is 0 Å². The summed E-state index contributed by atoms with van der Waals surface area (Å²) in [5.74, 6) is 0.771. The first kappa shape index (κ1) is 15.2. The summed E-state index contributed by atoms with van der Waals surface area (Å²) in [6, 6.07) is 0.817. The lowest BCUT2D eigenvalue weighted by molar-refractivity contribution is 0.0575. The molecule has 0 radical (unpaired) electrons. The van der Waals surface area contributed by atoms with Gasteiger partial charge in [-0.1, -0.05) is 6.42 Å². The number of nitrogens with zero attached hydrogens (tertiary/aromatic N) is 1. The summed E-state index contributed by atoms with van der Waals surface area (Å²) in [5, 5.41) is 0. The van der Waals surface area contributed by atoms with E-state index < -0.39 is 0 Å². The van der Waals surface area contributed by atoms with E-state index in [1.165, 1.54) is 19.3 Å². The van der Waals surface area contributed by atoms with Gasteiger partial charge in [-0.3, -0.25) is 0 Å². The van der Waals surface area contributed by atoms with Gasteiger partial charge in [-0.25, -0.2) is 0 Å². The molecule has 17 heavy (non-hydrogen) atoms. The molecule has 1 rings (SSSR count). The van der Waals surface area contributed by atoms with Crippen molar-refractivity contribution in [1.29, 1.82) is 0 Å². The Labute approximate surface area is 110 Å². The summed E-state index contributed by atoms with van der Waals surface area (Å²) in [7, 11) is 1.70. The standard InChI is InChI=1S/C13H26ClNO2/c1-16-11-12-17-10-4-9-15(8-3-7-14)13-5-2-6-13/h13H,2-12H2,1H3. The summed E-state index contributed by atoms with van der Waals surface area (Å²) in [6.45, 7) is 4.54. The highest BCUT2D eigenvalue weighted by Crippen LogP contribution is 2.25. The van der Waals surface area contributed by atoms with E-state index in [9.17, 15) is 0 Å². The van der Waals surface area contributed by atoms with Crippen LogP contribution in [-0.4, -0.2) is 56.8 Å².